The van der Waals surface area contributed by atoms with Gasteiger partial charge in [0.2, 0.25) is 0 Å². The van der Waals surface area contributed by atoms with Crippen molar-refractivity contribution >= 4 is 17.7 Å². The standard InChI is InChI=1S/C21H25FN2O5.CH4/c1-12(2)19(23-20(26)17-9-13(3)29-24-17)18(25)11-15(21(27)28-4)10-14-5-7-16(22)8-6-14;/h5-9,12,15,19H,10-11H2,1-4H3,(H,23,26);1H4/t15-,19+;/m1./s1. The number of Topliss-reactive ketones (excluding diaryl/α,β-unsaturated/α-hetero) is 1. The monoisotopic (exact) mass is 420 g/mol. The zero-order chi connectivity index (χ0) is 21.6. The number of amides is 1. The quantitative estimate of drug-likeness (QED) is 0.624. The van der Waals surface area contributed by atoms with Crippen LogP contribution in [0, 0.1) is 24.6 Å². The molecule has 0 unspecified atom stereocenters. The predicted molar refractivity (Wildman–Crippen MR) is 109 cm³/mol. The first-order chi connectivity index (χ1) is 13.7. The lowest BCUT2D eigenvalue weighted by molar-refractivity contribution is -0.147. The Labute approximate surface area is 176 Å². The lowest BCUT2D eigenvalue weighted by Crippen LogP contribution is -2.45. The van der Waals surface area contributed by atoms with Gasteiger partial charge in [-0.15, -0.1) is 0 Å². The minimum absolute atomic E-state index is 0. The van der Waals surface area contributed by atoms with Gasteiger partial charge in [-0.3, -0.25) is 14.4 Å². The van der Waals surface area contributed by atoms with E-state index in [2.05, 4.69) is 10.5 Å². The van der Waals surface area contributed by atoms with Gasteiger partial charge in [0, 0.05) is 12.5 Å². The number of aromatic nitrogens is 1. The summed E-state index contributed by atoms with van der Waals surface area (Å²) in [5.41, 5.74) is 0.787. The maximum atomic E-state index is 13.1. The third-order valence-corrected chi connectivity index (χ3v) is 4.54. The number of ether oxygens (including phenoxy) is 1. The van der Waals surface area contributed by atoms with Gasteiger partial charge in [-0.25, -0.2) is 4.39 Å². The third-order valence-electron chi connectivity index (χ3n) is 4.54. The van der Waals surface area contributed by atoms with E-state index in [4.69, 9.17) is 9.26 Å². The fourth-order valence-electron chi connectivity index (χ4n) is 2.99. The van der Waals surface area contributed by atoms with Gasteiger partial charge in [-0.1, -0.05) is 38.6 Å². The van der Waals surface area contributed by atoms with Gasteiger partial charge >= 0.3 is 5.97 Å². The average Bonchev–Trinajstić information content (AvgIpc) is 3.12. The molecule has 2 aromatic rings. The summed E-state index contributed by atoms with van der Waals surface area (Å²) in [6.45, 7) is 5.25. The zero-order valence-electron chi connectivity index (χ0n) is 16.9. The SMILES string of the molecule is C.COC(=O)[C@@H](CC(=O)[C@@H](NC(=O)c1cc(C)on1)C(C)C)Cc1ccc(F)cc1. The van der Waals surface area contributed by atoms with E-state index in [1.807, 2.05) is 0 Å². The number of halogens is 1. The fourth-order valence-corrected chi connectivity index (χ4v) is 2.99. The van der Waals surface area contributed by atoms with Crippen molar-refractivity contribution in [3.63, 3.8) is 0 Å². The number of hydrogen-bond acceptors (Lipinski definition) is 6. The zero-order valence-corrected chi connectivity index (χ0v) is 16.9. The second-order valence-corrected chi connectivity index (χ2v) is 7.24. The Bertz CT molecular complexity index is 861. The molecule has 30 heavy (non-hydrogen) atoms. The molecule has 0 aliphatic carbocycles. The van der Waals surface area contributed by atoms with Gasteiger partial charge in [0.25, 0.3) is 5.91 Å². The first kappa shape index (κ1) is 25.0. The van der Waals surface area contributed by atoms with Crippen LogP contribution in [0.15, 0.2) is 34.9 Å². The van der Waals surface area contributed by atoms with Crippen molar-refractivity contribution in [1.82, 2.24) is 10.5 Å². The number of aryl methyl sites for hydroxylation is 1. The Hall–Kier alpha value is -3.03. The molecule has 0 fully saturated rings. The molecule has 0 spiro atoms. The molecule has 1 aromatic heterocycles. The molecule has 0 saturated carbocycles. The number of ketones is 1. The van der Waals surface area contributed by atoms with E-state index in [9.17, 15) is 18.8 Å². The third kappa shape index (κ3) is 6.79. The predicted octanol–water partition coefficient (Wildman–Crippen LogP) is 3.50. The first-order valence-corrected chi connectivity index (χ1v) is 9.30. The lowest BCUT2D eigenvalue weighted by atomic mass is 9.89. The van der Waals surface area contributed by atoms with Crippen LogP contribution in [-0.2, 0) is 20.7 Å². The van der Waals surface area contributed by atoms with Crippen molar-refractivity contribution < 1.29 is 28.0 Å². The Kier molecular flexibility index (Phi) is 9.36. The molecule has 0 bridgehead atoms. The van der Waals surface area contributed by atoms with E-state index in [0.29, 0.717) is 11.3 Å². The minimum Gasteiger partial charge on any atom is -0.469 e. The van der Waals surface area contributed by atoms with Crippen LogP contribution in [0.3, 0.4) is 0 Å². The smallest absolute Gasteiger partial charge is 0.309 e. The van der Waals surface area contributed by atoms with Crippen molar-refractivity contribution in [2.45, 2.75) is 47.1 Å². The van der Waals surface area contributed by atoms with E-state index in [1.165, 1.54) is 25.3 Å². The van der Waals surface area contributed by atoms with Crippen LogP contribution in [0.2, 0.25) is 0 Å². The van der Waals surface area contributed by atoms with Gasteiger partial charge in [-0.2, -0.15) is 0 Å². The van der Waals surface area contributed by atoms with E-state index >= 15 is 0 Å². The summed E-state index contributed by atoms with van der Waals surface area (Å²) in [5.74, 6) is -2.22. The van der Waals surface area contributed by atoms with Gasteiger partial charge in [0.1, 0.15) is 11.6 Å². The average molecular weight is 420 g/mol. The number of hydrogen-bond donors (Lipinski definition) is 1. The van der Waals surface area contributed by atoms with E-state index in [1.54, 1.807) is 32.9 Å². The maximum absolute atomic E-state index is 13.1. The molecule has 1 heterocycles. The number of benzene rings is 1. The van der Waals surface area contributed by atoms with Crippen LogP contribution >= 0.6 is 0 Å². The van der Waals surface area contributed by atoms with Gasteiger partial charge in [0.15, 0.2) is 11.5 Å². The summed E-state index contributed by atoms with van der Waals surface area (Å²) in [4.78, 5) is 37.5. The number of carbonyl (C=O) groups is 3. The highest BCUT2D eigenvalue weighted by Gasteiger charge is 2.30. The van der Waals surface area contributed by atoms with Crippen molar-refractivity contribution in [3.05, 3.63) is 53.2 Å². The molecule has 0 saturated heterocycles. The molecule has 7 nitrogen and oxygen atoms in total. The molecule has 8 heteroatoms. The number of carbonyl (C=O) groups excluding carboxylic acids is 3. The van der Waals surface area contributed by atoms with Gasteiger partial charge in [-0.05, 0) is 37.0 Å². The van der Waals surface area contributed by atoms with E-state index < -0.39 is 23.8 Å². The number of rotatable bonds is 9. The molecule has 1 amide bonds. The molecule has 0 aliphatic rings. The van der Waals surface area contributed by atoms with Crippen LogP contribution in [-0.4, -0.2) is 36.0 Å². The topological polar surface area (TPSA) is 98.5 Å². The fraction of sp³-hybridized carbons (Fsp3) is 0.455. The highest BCUT2D eigenvalue weighted by atomic mass is 19.1. The minimum atomic E-state index is -0.806. The Balaban J connectivity index is 0.00000450. The van der Waals surface area contributed by atoms with Gasteiger partial charge < -0.3 is 14.6 Å². The highest BCUT2D eigenvalue weighted by Crippen LogP contribution is 2.18. The first-order valence-electron chi connectivity index (χ1n) is 9.30. The summed E-state index contributed by atoms with van der Waals surface area (Å²) in [7, 11) is 1.25. The van der Waals surface area contributed by atoms with Crippen molar-refractivity contribution in [3.8, 4) is 0 Å². The van der Waals surface area contributed by atoms with Crippen LogP contribution in [0.5, 0.6) is 0 Å². The number of esters is 1. The molecule has 0 radical (unpaired) electrons. The second-order valence-electron chi connectivity index (χ2n) is 7.24. The highest BCUT2D eigenvalue weighted by molar-refractivity contribution is 5.97. The lowest BCUT2D eigenvalue weighted by Gasteiger charge is -2.23. The number of nitrogens with zero attached hydrogens (tertiary/aromatic N) is 1. The van der Waals surface area contributed by atoms with E-state index in [-0.39, 0.29) is 43.5 Å². The molecule has 2 rings (SSSR count). The molecule has 164 valence electrons. The summed E-state index contributed by atoms with van der Waals surface area (Å²) < 4.78 is 22.8. The summed E-state index contributed by atoms with van der Waals surface area (Å²) in [5, 5.41) is 6.32. The van der Waals surface area contributed by atoms with Crippen molar-refractivity contribution in [2.75, 3.05) is 7.11 Å². The van der Waals surface area contributed by atoms with Crippen LogP contribution < -0.4 is 5.32 Å². The van der Waals surface area contributed by atoms with Crippen LogP contribution in [0.4, 0.5) is 4.39 Å². The molecular weight excluding hydrogens is 391 g/mol. The number of methoxy groups -OCH3 is 1. The Morgan fingerprint density at radius 3 is 2.33 bits per heavy atom. The maximum Gasteiger partial charge on any atom is 0.309 e. The summed E-state index contributed by atoms with van der Waals surface area (Å²) >= 11 is 0. The molecule has 1 N–H and O–H groups in total. The molecule has 2 atom stereocenters. The van der Waals surface area contributed by atoms with Crippen LogP contribution in [0.25, 0.3) is 0 Å². The summed E-state index contributed by atoms with van der Waals surface area (Å²) in [6.07, 6.45) is 0.102. The molecule has 0 aliphatic heterocycles. The second kappa shape index (κ2) is 11.2. The van der Waals surface area contributed by atoms with E-state index in [0.717, 1.165) is 0 Å². The Morgan fingerprint density at radius 1 is 1.20 bits per heavy atom. The van der Waals surface area contributed by atoms with Crippen LogP contribution in [0.1, 0.15) is 49.5 Å². The molecular formula is C22H29FN2O5. The largest absolute Gasteiger partial charge is 0.469 e. The van der Waals surface area contributed by atoms with Crippen molar-refractivity contribution in [1.29, 1.82) is 0 Å². The summed E-state index contributed by atoms with van der Waals surface area (Å²) in [6, 6.07) is 6.38. The number of nitrogens with one attached hydrogen (secondary N) is 1. The normalized spacial score (nSPS) is 12.6. The molecule has 1 aromatic carbocycles. The van der Waals surface area contributed by atoms with Crippen molar-refractivity contribution in [2.24, 2.45) is 11.8 Å². The van der Waals surface area contributed by atoms with Gasteiger partial charge in [0.05, 0.1) is 19.1 Å². The Morgan fingerprint density at radius 2 is 1.83 bits per heavy atom.